The van der Waals surface area contributed by atoms with Crippen molar-refractivity contribution < 1.29 is 23.5 Å². The molecule has 3 N–H and O–H groups in total. The number of rotatable bonds is 7. The van der Waals surface area contributed by atoms with E-state index in [1.54, 1.807) is 50.0 Å². The third-order valence-electron chi connectivity index (χ3n) is 3.91. The maximum Gasteiger partial charge on any atom is 0.341 e. The topological polar surface area (TPSA) is 129 Å². The van der Waals surface area contributed by atoms with E-state index < -0.39 is 17.8 Å². The molecule has 2 amide bonds. The van der Waals surface area contributed by atoms with Crippen LogP contribution in [-0.4, -0.2) is 33.7 Å². The van der Waals surface area contributed by atoms with Crippen molar-refractivity contribution in [1.82, 2.24) is 9.78 Å². The van der Waals surface area contributed by atoms with E-state index >= 15 is 0 Å². The minimum Gasteiger partial charge on any atom is -0.459 e. The summed E-state index contributed by atoms with van der Waals surface area (Å²) in [5.74, 6) is -1.30. The van der Waals surface area contributed by atoms with Gasteiger partial charge in [-0.2, -0.15) is 5.10 Å². The summed E-state index contributed by atoms with van der Waals surface area (Å²) in [6.07, 6.45) is 3.05. The number of nitrogens with zero attached hydrogens (tertiary/aromatic N) is 2. The highest BCUT2D eigenvalue weighted by Gasteiger charge is 2.27. The molecule has 0 bridgehead atoms. The van der Waals surface area contributed by atoms with Crippen molar-refractivity contribution in [1.29, 1.82) is 0 Å². The molecule has 3 rings (SSSR count). The maximum absolute atomic E-state index is 12.6. The number of amides is 2. The summed E-state index contributed by atoms with van der Waals surface area (Å²) in [6, 6.07) is 4.97. The second-order valence-corrected chi connectivity index (χ2v) is 7.52. The van der Waals surface area contributed by atoms with Crippen LogP contribution in [0.1, 0.15) is 55.8 Å². The molecule has 0 saturated carbocycles. The van der Waals surface area contributed by atoms with Crippen LogP contribution < -0.4 is 11.1 Å². The number of hydrogen-bond acceptors (Lipinski definition) is 7. The molecule has 0 fully saturated rings. The lowest BCUT2D eigenvalue weighted by Crippen LogP contribution is -2.17. The number of thiophene rings is 1. The molecule has 9 nitrogen and oxygen atoms in total. The Hall–Kier alpha value is -3.40. The number of carbonyl (C=O) groups is 3. The van der Waals surface area contributed by atoms with Gasteiger partial charge in [-0.05, 0) is 44.5 Å². The summed E-state index contributed by atoms with van der Waals surface area (Å²) < 4.78 is 12.5. The first-order valence-electron chi connectivity index (χ1n) is 8.78. The summed E-state index contributed by atoms with van der Waals surface area (Å²) in [7, 11) is 0. The average molecular weight is 416 g/mol. The lowest BCUT2D eigenvalue weighted by molar-refractivity contribution is 0.0379. The molecule has 29 heavy (non-hydrogen) atoms. The van der Waals surface area contributed by atoms with Crippen molar-refractivity contribution in [2.45, 2.75) is 33.4 Å². The first-order valence-corrected chi connectivity index (χ1v) is 9.59. The number of aromatic nitrogens is 2. The Morgan fingerprint density at radius 3 is 2.72 bits per heavy atom. The third kappa shape index (κ3) is 4.54. The van der Waals surface area contributed by atoms with Crippen molar-refractivity contribution in [3.05, 3.63) is 58.1 Å². The van der Waals surface area contributed by atoms with Gasteiger partial charge in [0.15, 0.2) is 5.76 Å². The first kappa shape index (κ1) is 20.3. The highest BCUT2D eigenvalue weighted by molar-refractivity contribution is 7.18. The Labute approximate surface area is 170 Å². The number of nitrogens with two attached hydrogens (primary N) is 1. The van der Waals surface area contributed by atoms with Crippen molar-refractivity contribution in [3.8, 4) is 0 Å². The van der Waals surface area contributed by atoms with Crippen molar-refractivity contribution in [3.63, 3.8) is 0 Å². The van der Waals surface area contributed by atoms with Gasteiger partial charge in [0.1, 0.15) is 10.8 Å². The zero-order valence-corrected chi connectivity index (χ0v) is 16.9. The monoisotopic (exact) mass is 416 g/mol. The molecule has 0 aromatic carbocycles. The van der Waals surface area contributed by atoms with Gasteiger partial charge in [0, 0.05) is 12.4 Å². The van der Waals surface area contributed by atoms with Crippen LogP contribution in [0.3, 0.4) is 0 Å². The van der Waals surface area contributed by atoms with Crippen LogP contribution in [0.2, 0.25) is 0 Å². The standard InChI is InChI=1S/C19H20N4O5S/c1-10(2)27-19(26)14-11(3)15(16(20)24)29-18(14)22-17(25)13-6-5-12(28-13)9-23-8-4-7-21-23/h4-8,10H,9H2,1-3H3,(H2,20,24)(H,22,25). The maximum atomic E-state index is 12.6. The van der Waals surface area contributed by atoms with E-state index in [9.17, 15) is 14.4 Å². The predicted molar refractivity (Wildman–Crippen MR) is 106 cm³/mol. The largest absolute Gasteiger partial charge is 0.459 e. The molecule has 0 spiro atoms. The number of furan rings is 1. The Morgan fingerprint density at radius 2 is 2.10 bits per heavy atom. The van der Waals surface area contributed by atoms with E-state index in [0.717, 1.165) is 11.3 Å². The number of carbonyl (C=O) groups excluding carboxylic acids is 3. The second kappa shape index (κ2) is 8.31. The van der Waals surface area contributed by atoms with Crippen LogP contribution in [0.4, 0.5) is 5.00 Å². The number of anilines is 1. The van der Waals surface area contributed by atoms with Gasteiger partial charge in [-0.3, -0.25) is 14.3 Å². The number of hydrogen-bond donors (Lipinski definition) is 2. The van der Waals surface area contributed by atoms with Gasteiger partial charge >= 0.3 is 5.97 Å². The molecule has 0 saturated heterocycles. The molecule has 0 aliphatic carbocycles. The molecular formula is C19H20N4O5S. The summed E-state index contributed by atoms with van der Waals surface area (Å²) in [5.41, 5.74) is 5.86. The van der Waals surface area contributed by atoms with E-state index in [4.69, 9.17) is 14.9 Å². The van der Waals surface area contributed by atoms with E-state index in [-0.39, 0.29) is 27.3 Å². The Morgan fingerprint density at radius 1 is 1.34 bits per heavy atom. The Kier molecular flexibility index (Phi) is 5.83. The SMILES string of the molecule is Cc1c(C(N)=O)sc(NC(=O)c2ccc(Cn3cccn3)o2)c1C(=O)OC(C)C. The van der Waals surface area contributed by atoms with Crippen molar-refractivity contribution in [2.24, 2.45) is 5.73 Å². The normalized spacial score (nSPS) is 10.9. The smallest absolute Gasteiger partial charge is 0.341 e. The van der Waals surface area contributed by atoms with E-state index in [2.05, 4.69) is 10.4 Å². The van der Waals surface area contributed by atoms with Crippen LogP contribution in [0.5, 0.6) is 0 Å². The number of esters is 1. The first-order chi connectivity index (χ1) is 13.8. The molecule has 3 aromatic heterocycles. The number of ether oxygens (including phenoxy) is 1. The molecular weight excluding hydrogens is 396 g/mol. The van der Waals surface area contributed by atoms with Crippen LogP contribution in [0.25, 0.3) is 0 Å². The minimum absolute atomic E-state index is 0.0574. The van der Waals surface area contributed by atoms with Crippen LogP contribution in [0, 0.1) is 6.92 Å². The fourth-order valence-electron chi connectivity index (χ4n) is 2.66. The van der Waals surface area contributed by atoms with E-state index in [1.807, 2.05) is 0 Å². The molecule has 0 aliphatic rings. The Balaban J connectivity index is 1.84. The Bertz CT molecular complexity index is 1050. The molecule has 10 heteroatoms. The van der Waals surface area contributed by atoms with Gasteiger partial charge < -0.3 is 20.2 Å². The molecule has 0 atom stereocenters. The summed E-state index contributed by atoms with van der Waals surface area (Å²) in [5, 5.41) is 6.88. The molecule has 3 heterocycles. The molecule has 0 unspecified atom stereocenters. The van der Waals surface area contributed by atoms with Crippen LogP contribution in [-0.2, 0) is 11.3 Å². The quantitative estimate of drug-likeness (QED) is 0.570. The summed E-state index contributed by atoms with van der Waals surface area (Å²) in [4.78, 5) is 37.0. The van der Waals surface area contributed by atoms with Crippen molar-refractivity contribution in [2.75, 3.05) is 5.32 Å². The van der Waals surface area contributed by atoms with Gasteiger partial charge in [0.25, 0.3) is 11.8 Å². The fraction of sp³-hybridized carbons (Fsp3) is 0.263. The second-order valence-electron chi connectivity index (χ2n) is 6.50. The fourth-order valence-corrected chi connectivity index (χ4v) is 3.70. The lowest BCUT2D eigenvalue weighted by Gasteiger charge is -2.10. The molecule has 0 aliphatic heterocycles. The molecule has 0 radical (unpaired) electrons. The minimum atomic E-state index is -0.689. The highest BCUT2D eigenvalue weighted by atomic mass is 32.1. The van der Waals surface area contributed by atoms with Gasteiger partial charge in [-0.25, -0.2) is 4.79 Å². The van der Waals surface area contributed by atoms with E-state index in [1.165, 1.54) is 6.07 Å². The summed E-state index contributed by atoms with van der Waals surface area (Å²) in [6.45, 7) is 5.36. The van der Waals surface area contributed by atoms with Crippen LogP contribution in [0.15, 0.2) is 35.0 Å². The van der Waals surface area contributed by atoms with Crippen LogP contribution >= 0.6 is 11.3 Å². The lowest BCUT2D eigenvalue weighted by atomic mass is 10.1. The molecule has 3 aromatic rings. The molecule has 152 valence electrons. The van der Waals surface area contributed by atoms with Gasteiger partial charge in [0.05, 0.1) is 23.1 Å². The zero-order valence-electron chi connectivity index (χ0n) is 16.1. The predicted octanol–water partition coefficient (Wildman–Crippen LogP) is 2.81. The third-order valence-corrected chi connectivity index (χ3v) is 5.13. The van der Waals surface area contributed by atoms with Gasteiger partial charge in [-0.1, -0.05) is 0 Å². The zero-order chi connectivity index (χ0) is 21.1. The van der Waals surface area contributed by atoms with Gasteiger partial charge in [0.2, 0.25) is 0 Å². The van der Waals surface area contributed by atoms with Crippen molar-refractivity contribution >= 4 is 34.1 Å². The summed E-state index contributed by atoms with van der Waals surface area (Å²) >= 11 is 0.920. The van der Waals surface area contributed by atoms with E-state index in [0.29, 0.717) is 17.9 Å². The average Bonchev–Trinajstić information content (AvgIpc) is 3.35. The van der Waals surface area contributed by atoms with Gasteiger partial charge in [-0.15, -0.1) is 11.3 Å². The number of nitrogens with one attached hydrogen (secondary N) is 1. The highest BCUT2D eigenvalue weighted by Crippen LogP contribution is 2.34. The number of primary amides is 1.